The lowest BCUT2D eigenvalue weighted by Gasteiger charge is -2.37. The van der Waals surface area contributed by atoms with Gasteiger partial charge >= 0.3 is 6.09 Å². The van der Waals surface area contributed by atoms with Gasteiger partial charge in [-0.15, -0.1) is 0 Å². The van der Waals surface area contributed by atoms with Gasteiger partial charge in [0.15, 0.2) is 0 Å². The maximum Gasteiger partial charge on any atom is 0.407 e. The molecule has 0 radical (unpaired) electrons. The van der Waals surface area contributed by atoms with Crippen molar-refractivity contribution in [3.05, 3.63) is 77.9 Å². The standard InChI is InChI=1S/C30H36N2O5/c33-30(34)32-14-12-28(29(21-32)37-22-23-6-7-24-4-1-2-5-26(24)20-23)25-8-10-27(11-9-25)36-17-3-13-31-15-18-35-19-16-31/h1-2,4-11,20,28-29H,3,12-19,21-22H2,(H,33,34). The van der Waals surface area contributed by atoms with E-state index in [4.69, 9.17) is 14.2 Å². The second-order valence-electron chi connectivity index (χ2n) is 9.88. The maximum atomic E-state index is 11.7. The predicted octanol–water partition coefficient (Wildman–Crippen LogP) is 4.99. The first-order chi connectivity index (χ1) is 18.2. The second-order valence-corrected chi connectivity index (χ2v) is 9.88. The van der Waals surface area contributed by atoms with E-state index in [1.54, 1.807) is 0 Å². The quantitative estimate of drug-likeness (QED) is 0.414. The van der Waals surface area contributed by atoms with Crippen LogP contribution in [-0.4, -0.2) is 79.6 Å². The molecule has 196 valence electrons. The molecule has 7 nitrogen and oxygen atoms in total. The van der Waals surface area contributed by atoms with Gasteiger partial charge in [-0.05, 0) is 52.9 Å². The molecule has 0 aliphatic carbocycles. The number of hydrogen-bond acceptors (Lipinski definition) is 5. The maximum absolute atomic E-state index is 11.7. The summed E-state index contributed by atoms with van der Waals surface area (Å²) in [5, 5.41) is 12.0. The van der Waals surface area contributed by atoms with Gasteiger partial charge < -0.3 is 24.2 Å². The topological polar surface area (TPSA) is 71.5 Å². The van der Waals surface area contributed by atoms with Crippen molar-refractivity contribution in [2.45, 2.75) is 31.5 Å². The molecule has 2 aliphatic rings. The lowest BCUT2D eigenvalue weighted by Crippen LogP contribution is -2.46. The molecule has 37 heavy (non-hydrogen) atoms. The van der Waals surface area contributed by atoms with Gasteiger partial charge in [-0.25, -0.2) is 4.79 Å². The number of benzene rings is 3. The van der Waals surface area contributed by atoms with E-state index in [0.29, 0.717) is 26.3 Å². The molecule has 2 saturated heterocycles. The summed E-state index contributed by atoms with van der Waals surface area (Å²) in [4.78, 5) is 15.6. The van der Waals surface area contributed by atoms with E-state index < -0.39 is 6.09 Å². The number of ether oxygens (including phenoxy) is 3. The average molecular weight is 505 g/mol. The Morgan fingerprint density at radius 2 is 1.76 bits per heavy atom. The van der Waals surface area contributed by atoms with Gasteiger partial charge in [-0.2, -0.15) is 0 Å². The summed E-state index contributed by atoms with van der Waals surface area (Å²) in [7, 11) is 0. The van der Waals surface area contributed by atoms with Gasteiger partial charge in [0.2, 0.25) is 0 Å². The molecule has 1 amide bonds. The van der Waals surface area contributed by atoms with Crippen LogP contribution in [0.25, 0.3) is 10.8 Å². The average Bonchev–Trinajstić information content (AvgIpc) is 2.95. The molecule has 0 saturated carbocycles. The highest BCUT2D eigenvalue weighted by molar-refractivity contribution is 5.82. The molecule has 0 spiro atoms. The number of morpholine rings is 1. The smallest absolute Gasteiger partial charge is 0.407 e. The molecule has 0 bridgehead atoms. The summed E-state index contributed by atoms with van der Waals surface area (Å²) in [6, 6.07) is 22.8. The van der Waals surface area contributed by atoms with E-state index in [-0.39, 0.29) is 12.0 Å². The Hall–Kier alpha value is -3.13. The summed E-state index contributed by atoms with van der Waals surface area (Å²) >= 11 is 0. The fourth-order valence-corrected chi connectivity index (χ4v) is 5.29. The van der Waals surface area contributed by atoms with Gasteiger partial charge in [0.1, 0.15) is 5.75 Å². The van der Waals surface area contributed by atoms with Crippen molar-refractivity contribution in [1.29, 1.82) is 0 Å². The van der Waals surface area contributed by atoms with Crippen LogP contribution in [0.5, 0.6) is 5.75 Å². The van der Waals surface area contributed by atoms with Crippen LogP contribution in [0.2, 0.25) is 0 Å². The van der Waals surface area contributed by atoms with Gasteiger partial charge in [0.25, 0.3) is 0 Å². The normalized spacial score (nSPS) is 20.7. The molecule has 2 unspecified atom stereocenters. The Balaban J connectivity index is 1.19. The molecule has 5 rings (SSSR count). The molecule has 2 heterocycles. The number of amides is 1. The van der Waals surface area contributed by atoms with Crippen LogP contribution < -0.4 is 4.74 Å². The van der Waals surface area contributed by atoms with Crippen molar-refractivity contribution in [3.8, 4) is 5.75 Å². The fourth-order valence-electron chi connectivity index (χ4n) is 5.29. The van der Waals surface area contributed by atoms with Crippen LogP contribution in [-0.2, 0) is 16.1 Å². The van der Waals surface area contributed by atoms with Crippen molar-refractivity contribution in [3.63, 3.8) is 0 Å². The van der Waals surface area contributed by atoms with E-state index in [1.807, 2.05) is 24.3 Å². The first-order valence-corrected chi connectivity index (χ1v) is 13.3. The molecule has 7 heteroatoms. The SMILES string of the molecule is O=C(O)N1CCC(c2ccc(OCCCN3CCOCC3)cc2)C(OCc2ccc3ccccc3c2)C1. The van der Waals surface area contributed by atoms with Crippen LogP contribution in [0.1, 0.15) is 29.9 Å². The van der Waals surface area contributed by atoms with Crippen molar-refractivity contribution in [2.24, 2.45) is 0 Å². The molecule has 2 atom stereocenters. The summed E-state index contributed by atoms with van der Waals surface area (Å²) < 4.78 is 17.8. The minimum atomic E-state index is -0.890. The van der Waals surface area contributed by atoms with Crippen molar-refractivity contribution in [1.82, 2.24) is 9.80 Å². The molecular weight excluding hydrogens is 468 g/mol. The zero-order valence-corrected chi connectivity index (χ0v) is 21.3. The minimum Gasteiger partial charge on any atom is -0.494 e. The largest absolute Gasteiger partial charge is 0.494 e. The Bertz CT molecular complexity index is 1160. The van der Waals surface area contributed by atoms with Gasteiger partial charge in [0, 0.05) is 32.1 Å². The summed E-state index contributed by atoms with van der Waals surface area (Å²) in [6.45, 7) is 6.68. The van der Waals surface area contributed by atoms with Crippen molar-refractivity contribution >= 4 is 16.9 Å². The Labute approximate surface area is 218 Å². The number of hydrogen-bond donors (Lipinski definition) is 1. The molecule has 0 aromatic heterocycles. The zero-order chi connectivity index (χ0) is 25.5. The molecule has 2 fully saturated rings. The Morgan fingerprint density at radius 1 is 0.973 bits per heavy atom. The third kappa shape index (κ3) is 6.80. The summed E-state index contributed by atoms with van der Waals surface area (Å²) in [5.74, 6) is 0.994. The van der Waals surface area contributed by atoms with E-state index in [1.165, 1.54) is 15.7 Å². The van der Waals surface area contributed by atoms with E-state index in [9.17, 15) is 9.90 Å². The van der Waals surface area contributed by atoms with Crippen molar-refractivity contribution < 1.29 is 24.1 Å². The Kier molecular flexibility index (Phi) is 8.56. The number of rotatable bonds is 9. The van der Waals surface area contributed by atoms with Crippen LogP contribution >= 0.6 is 0 Å². The molecule has 3 aromatic carbocycles. The first-order valence-electron chi connectivity index (χ1n) is 13.3. The van der Waals surface area contributed by atoms with Crippen LogP contribution in [0, 0.1) is 0 Å². The number of fused-ring (bicyclic) bond motifs is 1. The van der Waals surface area contributed by atoms with E-state index >= 15 is 0 Å². The third-order valence-electron chi connectivity index (χ3n) is 7.41. The van der Waals surface area contributed by atoms with Gasteiger partial charge in [-0.3, -0.25) is 4.90 Å². The van der Waals surface area contributed by atoms with Gasteiger partial charge in [0.05, 0.1) is 39.1 Å². The van der Waals surface area contributed by atoms with Crippen molar-refractivity contribution in [2.75, 3.05) is 52.5 Å². The highest BCUT2D eigenvalue weighted by atomic mass is 16.5. The highest BCUT2D eigenvalue weighted by Gasteiger charge is 2.33. The predicted molar refractivity (Wildman–Crippen MR) is 143 cm³/mol. The first kappa shape index (κ1) is 25.5. The van der Waals surface area contributed by atoms with Crippen LogP contribution in [0.3, 0.4) is 0 Å². The lowest BCUT2D eigenvalue weighted by atomic mass is 9.87. The molecule has 3 aromatic rings. The summed E-state index contributed by atoms with van der Waals surface area (Å²) in [5.41, 5.74) is 2.25. The number of nitrogens with zero attached hydrogens (tertiary/aromatic N) is 2. The molecule has 1 N–H and O–H groups in total. The number of piperidine rings is 1. The third-order valence-corrected chi connectivity index (χ3v) is 7.41. The van der Waals surface area contributed by atoms with E-state index in [2.05, 4.69) is 47.4 Å². The minimum absolute atomic E-state index is 0.131. The zero-order valence-electron chi connectivity index (χ0n) is 21.3. The monoisotopic (exact) mass is 504 g/mol. The highest BCUT2D eigenvalue weighted by Crippen LogP contribution is 2.32. The molecule has 2 aliphatic heterocycles. The summed E-state index contributed by atoms with van der Waals surface area (Å²) in [6.07, 6.45) is 0.615. The number of carbonyl (C=O) groups is 1. The fraction of sp³-hybridized carbons (Fsp3) is 0.433. The van der Waals surface area contributed by atoms with Gasteiger partial charge in [-0.1, -0.05) is 48.5 Å². The van der Waals surface area contributed by atoms with Crippen LogP contribution in [0.4, 0.5) is 4.79 Å². The number of likely N-dealkylation sites (tertiary alicyclic amines) is 1. The number of carboxylic acid groups (broad SMARTS) is 1. The second kappa shape index (κ2) is 12.4. The lowest BCUT2D eigenvalue weighted by molar-refractivity contribution is -0.0199. The van der Waals surface area contributed by atoms with Crippen LogP contribution in [0.15, 0.2) is 66.7 Å². The molecular formula is C30H36N2O5. The Morgan fingerprint density at radius 3 is 2.54 bits per heavy atom. The van der Waals surface area contributed by atoms with E-state index in [0.717, 1.165) is 62.6 Å².